The van der Waals surface area contributed by atoms with E-state index in [0.717, 1.165) is 40.9 Å². The molecular weight excluding hydrogens is 388 g/mol. The average Bonchev–Trinajstić information content (AvgIpc) is 3.45. The molecule has 1 unspecified atom stereocenters. The van der Waals surface area contributed by atoms with Gasteiger partial charge in [-0.1, -0.05) is 43.7 Å². The first-order chi connectivity index (χ1) is 15.1. The van der Waals surface area contributed by atoms with Crippen LogP contribution < -0.4 is 10.2 Å². The number of nitrogens with one attached hydrogen (secondary N) is 2. The van der Waals surface area contributed by atoms with Crippen LogP contribution in [0.4, 0.5) is 11.5 Å². The normalized spacial score (nSPS) is 16.3. The molecule has 1 atom stereocenters. The molecule has 1 aliphatic carbocycles. The number of benzene rings is 2. The van der Waals surface area contributed by atoms with Crippen molar-refractivity contribution in [2.24, 2.45) is 0 Å². The molecule has 2 aromatic carbocycles. The van der Waals surface area contributed by atoms with Crippen LogP contribution in [0.5, 0.6) is 0 Å². The summed E-state index contributed by atoms with van der Waals surface area (Å²) in [5.41, 5.74) is 4.71. The van der Waals surface area contributed by atoms with Gasteiger partial charge in [0.1, 0.15) is 0 Å². The summed E-state index contributed by atoms with van der Waals surface area (Å²) < 4.78 is 0. The van der Waals surface area contributed by atoms with Gasteiger partial charge in [0.15, 0.2) is 5.82 Å². The molecule has 31 heavy (non-hydrogen) atoms. The van der Waals surface area contributed by atoms with Crippen molar-refractivity contribution in [1.29, 1.82) is 0 Å². The van der Waals surface area contributed by atoms with Gasteiger partial charge in [0, 0.05) is 28.9 Å². The third-order valence-corrected chi connectivity index (χ3v) is 6.19. The van der Waals surface area contributed by atoms with Gasteiger partial charge in [-0.25, -0.2) is 0 Å². The summed E-state index contributed by atoms with van der Waals surface area (Å²) in [7, 11) is 0. The van der Waals surface area contributed by atoms with Crippen LogP contribution in [-0.4, -0.2) is 22.0 Å². The molecule has 1 aliphatic heterocycles. The van der Waals surface area contributed by atoms with E-state index in [4.69, 9.17) is 0 Å². The van der Waals surface area contributed by atoms with Gasteiger partial charge in [0.05, 0.1) is 12.5 Å². The number of anilines is 2. The number of amides is 2. The molecule has 1 saturated carbocycles. The van der Waals surface area contributed by atoms with Crippen molar-refractivity contribution in [3.05, 3.63) is 77.0 Å². The van der Waals surface area contributed by atoms with Crippen molar-refractivity contribution in [2.45, 2.75) is 51.0 Å². The van der Waals surface area contributed by atoms with E-state index < -0.39 is 0 Å². The highest BCUT2D eigenvalue weighted by Crippen LogP contribution is 2.39. The Morgan fingerprint density at radius 2 is 1.97 bits per heavy atom. The molecule has 158 valence electrons. The summed E-state index contributed by atoms with van der Waals surface area (Å²) in [4.78, 5) is 27.5. The van der Waals surface area contributed by atoms with Crippen molar-refractivity contribution in [2.75, 3.05) is 10.2 Å². The first kappa shape index (κ1) is 19.5. The summed E-state index contributed by atoms with van der Waals surface area (Å²) in [6.45, 7) is 2.66. The lowest BCUT2D eigenvalue weighted by Gasteiger charge is -2.19. The molecule has 5 rings (SSSR count). The second kappa shape index (κ2) is 8.02. The molecule has 2 N–H and O–H groups in total. The van der Waals surface area contributed by atoms with Crippen LogP contribution in [0.1, 0.15) is 71.6 Å². The predicted molar refractivity (Wildman–Crippen MR) is 120 cm³/mol. The van der Waals surface area contributed by atoms with Crippen LogP contribution >= 0.6 is 0 Å². The zero-order valence-electron chi connectivity index (χ0n) is 17.6. The number of carbonyl (C=O) groups is 2. The topological polar surface area (TPSA) is 78.1 Å². The maximum Gasteiger partial charge on any atom is 0.258 e. The lowest BCUT2D eigenvalue weighted by Crippen LogP contribution is -2.23. The Hall–Kier alpha value is -3.41. The van der Waals surface area contributed by atoms with E-state index in [9.17, 15) is 9.59 Å². The highest BCUT2D eigenvalue weighted by atomic mass is 16.2. The van der Waals surface area contributed by atoms with Gasteiger partial charge in [-0.15, -0.1) is 0 Å². The number of hydrogen-bond acceptors (Lipinski definition) is 3. The van der Waals surface area contributed by atoms with E-state index in [1.165, 1.54) is 12.8 Å². The van der Waals surface area contributed by atoms with Gasteiger partial charge in [-0.3, -0.25) is 14.7 Å². The highest BCUT2D eigenvalue weighted by Gasteiger charge is 2.29. The molecule has 2 aliphatic rings. The molecule has 6 heteroatoms. The largest absolute Gasteiger partial charge is 0.309 e. The highest BCUT2D eigenvalue weighted by molar-refractivity contribution is 6.10. The molecule has 0 spiro atoms. The van der Waals surface area contributed by atoms with Gasteiger partial charge < -0.3 is 10.2 Å². The Bertz CT molecular complexity index is 1110. The Balaban J connectivity index is 1.31. The Morgan fingerprint density at radius 3 is 2.68 bits per heavy atom. The minimum Gasteiger partial charge on any atom is -0.309 e. The number of aromatic nitrogens is 2. The maximum atomic E-state index is 13.0. The molecule has 2 heterocycles. The number of H-pyrrole nitrogens is 1. The summed E-state index contributed by atoms with van der Waals surface area (Å²) in [5, 5.41) is 10.3. The van der Waals surface area contributed by atoms with Crippen LogP contribution in [0, 0.1) is 0 Å². The molecule has 1 fully saturated rings. The quantitative estimate of drug-likeness (QED) is 0.573. The van der Waals surface area contributed by atoms with E-state index in [2.05, 4.69) is 22.4 Å². The van der Waals surface area contributed by atoms with Crippen LogP contribution in [0.15, 0.2) is 54.6 Å². The van der Waals surface area contributed by atoms with E-state index in [0.29, 0.717) is 18.3 Å². The summed E-state index contributed by atoms with van der Waals surface area (Å²) >= 11 is 0. The Kier molecular flexibility index (Phi) is 5.06. The van der Waals surface area contributed by atoms with E-state index in [-0.39, 0.29) is 17.7 Å². The standard InChI is InChI=1S/C25H26N4O2/c1-2-5-20(24(30)26-23-14-22(27-28-23)17-8-9-17)16-10-12-19(13-11-16)29-15-18-6-3-4-7-21(18)25(29)31/h3-4,6-7,10-14,17,20H,2,5,8-9,15H2,1H3,(H2,26,27,28,30). The van der Waals surface area contributed by atoms with Gasteiger partial charge in [-0.05, 0) is 48.6 Å². The molecule has 1 aromatic heterocycles. The first-order valence-electron chi connectivity index (χ1n) is 11.0. The average molecular weight is 415 g/mol. The van der Waals surface area contributed by atoms with Crippen molar-refractivity contribution in [1.82, 2.24) is 10.2 Å². The zero-order valence-corrected chi connectivity index (χ0v) is 17.6. The zero-order chi connectivity index (χ0) is 21.4. The molecule has 6 nitrogen and oxygen atoms in total. The number of fused-ring (bicyclic) bond motifs is 1. The van der Waals surface area contributed by atoms with Crippen molar-refractivity contribution in [3.63, 3.8) is 0 Å². The number of aromatic amines is 1. The number of carbonyl (C=O) groups excluding carboxylic acids is 2. The molecule has 0 radical (unpaired) electrons. The third kappa shape index (κ3) is 3.85. The molecule has 3 aromatic rings. The number of hydrogen-bond donors (Lipinski definition) is 2. The van der Waals surface area contributed by atoms with E-state index >= 15 is 0 Å². The monoisotopic (exact) mass is 414 g/mol. The van der Waals surface area contributed by atoms with Gasteiger partial charge in [-0.2, -0.15) is 5.10 Å². The minimum atomic E-state index is -0.258. The fourth-order valence-electron chi connectivity index (χ4n) is 4.30. The lowest BCUT2D eigenvalue weighted by atomic mass is 9.93. The SMILES string of the molecule is CCCC(C(=O)Nc1cc(C2CC2)[nH]n1)c1ccc(N2Cc3ccccc3C2=O)cc1. The second-order valence-corrected chi connectivity index (χ2v) is 8.45. The van der Waals surface area contributed by atoms with Crippen LogP contribution in [0.2, 0.25) is 0 Å². The van der Waals surface area contributed by atoms with Crippen LogP contribution in [-0.2, 0) is 11.3 Å². The second-order valence-electron chi connectivity index (χ2n) is 8.45. The van der Waals surface area contributed by atoms with E-state index in [1.54, 1.807) is 4.90 Å². The Morgan fingerprint density at radius 1 is 1.19 bits per heavy atom. The van der Waals surface area contributed by atoms with E-state index in [1.807, 2.05) is 54.6 Å². The first-order valence-corrected chi connectivity index (χ1v) is 11.0. The summed E-state index contributed by atoms with van der Waals surface area (Å²) in [6, 6.07) is 17.5. The third-order valence-electron chi connectivity index (χ3n) is 6.19. The molecule has 2 amide bonds. The van der Waals surface area contributed by atoms with Crippen molar-refractivity contribution < 1.29 is 9.59 Å². The van der Waals surface area contributed by atoms with Gasteiger partial charge in [0.25, 0.3) is 5.91 Å². The lowest BCUT2D eigenvalue weighted by molar-refractivity contribution is -0.117. The van der Waals surface area contributed by atoms with Crippen molar-refractivity contribution in [3.8, 4) is 0 Å². The maximum absolute atomic E-state index is 13.0. The predicted octanol–water partition coefficient (Wildman–Crippen LogP) is 4.97. The van der Waals surface area contributed by atoms with Crippen LogP contribution in [0.3, 0.4) is 0 Å². The van der Waals surface area contributed by atoms with Crippen molar-refractivity contribution >= 4 is 23.3 Å². The van der Waals surface area contributed by atoms with Crippen LogP contribution in [0.25, 0.3) is 0 Å². The Labute approximate surface area is 181 Å². The van der Waals surface area contributed by atoms with Gasteiger partial charge >= 0.3 is 0 Å². The molecular formula is C25H26N4O2. The fourth-order valence-corrected chi connectivity index (χ4v) is 4.30. The molecule has 0 bridgehead atoms. The number of nitrogens with zero attached hydrogens (tertiary/aromatic N) is 2. The minimum absolute atomic E-state index is 0.0243. The smallest absolute Gasteiger partial charge is 0.258 e. The van der Waals surface area contributed by atoms with Gasteiger partial charge in [0.2, 0.25) is 5.91 Å². The summed E-state index contributed by atoms with van der Waals surface area (Å²) in [5.74, 6) is 0.873. The molecule has 0 saturated heterocycles. The summed E-state index contributed by atoms with van der Waals surface area (Å²) in [6.07, 6.45) is 4.02. The number of rotatable bonds is 7. The fraction of sp³-hybridized carbons (Fsp3) is 0.320.